The van der Waals surface area contributed by atoms with Crippen molar-refractivity contribution in [3.05, 3.63) is 47.5 Å². The fourth-order valence-electron chi connectivity index (χ4n) is 4.51. The molecule has 2 unspecified atom stereocenters. The minimum atomic E-state index is -0.457. The Morgan fingerprint density at radius 2 is 2.16 bits per heavy atom. The summed E-state index contributed by atoms with van der Waals surface area (Å²) in [5.41, 5.74) is 3.62. The average molecular weight is 358 g/mol. The molecule has 1 spiro atoms. The van der Waals surface area contributed by atoms with Gasteiger partial charge in [-0.05, 0) is 43.3 Å². The number of aromatic nitrogens is 2. The predicted octanol–water partition coefficient (Wildman–Crippen LogP) is 3.43. The molecule has 0 saturated carbocycles. The number of ether oxygens (including phenoxy) is 1. The first-order valence-electron chi connectivity index (χ1n) is 8.02. The molecule has 1 aliphatic carbocycles. The number of carbonyl (C=O) groups excluding carboxylic acids is 1. The van der Waals surface area contributed by atoms with Crippen molar-refractivity contribution >= 4 is 29.0 Å². The Labute approximate surface area is 150 Å². The lowest BCUT2D eigenvalue weighted by Gasteiger charge is -2.42. The van der Waals surface area contributed by atoms with E-state index in [-0.39, 0.29) is 4.65 Å². The predicted molar refractivity (Wildman–Crippen MR) is 97.9 cm³/mol. The van der Waals surface area contributed by atoms with Crippen LogP contribution in [-0.4, -0.2) is 34.9 Å². The molecule has 2 atom stereocenters. The average Bonchev–Trinajstić information content (AvgIpc) is 3.10. The van der Waals surface area contributed by atoms with E-state index in [1.54, 1.807) is 20.4 Å². The number of hydrogen-bond donors (Lipinski definition) is 0. The Morgan fingerprint density at radius 3 is 2.84 bits per heavy atom. The van der Waals surface area contributed by atoms with Gasteiger partial charge in [0.15, 0.2) is 5.62 Å². The first-order chi connectivity index (χ1) is 12.1. The molecule has 0 N–H and O–H groups in total. The molecule has 7 heteroatoms. The van der Waals surface area contributed by atoms with E-state index >= 15 is 0 Å². The molecule has 3 heterocycles. The van der Waals surface area contributed by atoms with Gasteiger partial charge in [0.2, 0.25) is 5.54 Å². The van der Waals surface area contributed by atoms with Crippen LogP contribution in [0.4, 0.5) is 5.95 Å². The van der Waals surface area contributed by atoms with Crippen molar-refractivity contribution in [2.45, 2.75) is 30.8 Å². The first-order valence-corrected chi connectivity index (χ1v) is 8.90. The summed E-state index contributed by atoms with van der Waals surface area (Å²) in [6, 6.07) is 0. The molecule has 25 heavy (non-hydrogen) atoms. The highest BCUT2D eigenvalue weighted by molar-refractivity contribution is 8.11. The molecule has 1 aromatic heterocycles. The quantitative estimate of drug-likeness (QED) is 0.469. The normalized spacial score (nSPS) is 29.6. The maximum atomic E-state index is 11.2. The van der Waals surface area contributed by atoms with Gasteiger partial charge in [-0.1, -0.05) is 10.7 Å². The molecule has 0 bridgehead atoms. The number of carbonyl (C=O) groups is 1. The number of imidazole rings is 1. The minimum absolute atomic E-state index is 0.143. The van der Waals surface area contributed by atoms with Crippen LogP contribution in [0, 0.1) is 0 Å². The molecular weight excluding hydrogens is 338 g/mol. The lowest BCUT2D eigenvalue weighted by Crippen LogP contribution is -2.60. The molecule has 0 aromatic carbocycles. The maximum Gasteiger partial charge on any atom is 0.354 e. The molecule has 3 aliphatic rings. The van der Waals surface area contributed by atoms with Crippen LogP contribution in [-0.2, 0) is 14.4 Å². The summed E-state index contributed by atoms with van der Waals surface area (Å²) in [4.78, 5) is 21.8. The van der Waals surface area contributed by atoms with Crippen molar-refractivity contribution in [1.82, 2.24) is 14.2 Å². The minimum Gasteiger partial charge on any atom is -0.496 e. The van der Waals surface area contributed by atoms with Crippen LogP contribution in [0.2, 0.25) is 0 Å². The van der Waals surface area contributed by atoms with Crippen LogP contribution < -0.4 is 4.65 Å². The van der Waals surface area contributed by atoms with Gasteiger partial charge in [0.05, 0.1) is 20.4 Å². The Hall–Kier alpha value is -2.09. The number of fused-ring (bicyclic) bond motifs is 3. The summed E-state index contributed by atoms with van der Waals surface area (Å²) in [6.45, 7) is 4.14. The zero-order valence-corrected chi connectivity index (χ0v) is 15.5. The lowest BCUT2D eigenvalue weighted by molar-refractivity contribution is -0.118. The van der Waals surface area contributed by atoms with Gasteiger partial charge in [-0.15, -0.1) is 0 Å². The maximum absolute atomic E-state index is 11.2. The second-order valence-corrected chi connectivity index (χ2v) is 7.22. The Balaban J connectivity index is 2.12. The number of rotatable bonds is 4. The molecule has 0 radical (unpaired) electrons. The summed E-state index contributed by atoms with van der Waals surface area (Å²) in [5.74, 6) is 1.63. The van der Waals surface area contributed by atoms with E-state index in [2.05, 4.69) is 24.9 Å². The second-order valence-electron chi connectivity index (χ2n) is 6.38. The standard InChI is InChI=1S/C18H20N3O3S/c1-12-9-18-7-5-6-8-21(18,24-4)17-19-10-14(25-11-22)20(17)16(18)13(2)15(12)23-3/h5-8,10-11H,9H2,1-4H3/q+1. The van der Waals surface area contributed by atoms with Crippen molar-refractivity contribution in [1.29, 1.82) is 0 Å². The third-order valence-corrected chi connectivity index (χ3v) is 5.92. The van der Waals surface area contributed by atoms with E-state index in [9.17, 15) is 4.79 Å². The molecular formula is C18H20N3O3S+. The van der Waals surface area contributed by atoms with Gasteiger partial charge in [-0.25, -0.2) is 4.57 Å². The summed E-state index contributed by atoms with van der Waals surface area (Å²) in [7, 11) is 3.39. The van der Waals surface area contributed by atoms with Gasteiger partial charge >= 0.3 is 5.95 Å². The third-order valence-electron chi connectivity index (χ3n) is 5.29. The molecule has 1 aromatic rings. The number of nitrogens with zero attached hydrogens (tertiary/aromatic N) is 3. The lowest BCUT2D eigenvalue weighted by atomic mass is 9.78. The Bertz CT molecular complexity index is 895. The molecule has 0 saturated heterocycles. The number of methoxy groups -OCH3 is 1. The van der Waals surface area contributed by atoms with Crippen molar-refractivity contribution in [2.24, 2.45) is 0 Å². The van der Waals surface area contributed by atoms with Gasteiger partial charge in [0.1, 0.15) is 22.7 Å². The highest BCUT2D eigenvalue weighted by Gasteiger charge is 2.67. The monoisotopic (exact) mass is 358 g/mol. The van der Waals surface area contributed by atoms with E-state index < -0.39 is 5.54 Å². The molecule has 0 fully saturated rings. The van der Waals surface area contributed by atoms with E-state index in [1.165, 1.54) is 5.57 Å². The highest BCUT2D eigenvalue weighted by atomic mass is 32.2. The summed E-state index contributed by atoms with van der Waals surface area (Å²) in [6.07, 6.45) is 10.7. The van der Waals surface area contributed by atoms with Gasteiger partial charge in [-0.2, -0.15) is 9.82 Å². The number of hydrogen-bond acceptors (Lipinski definition) is 5. The van der Waals surface area contributed by atoms with E-state index in [1.807, 2.05) is 22.9 Å². The van der Waals surface area contributed by atoms with Crippen molar-refractivity contribution in [2.75, 3.05) is 14.2 Å². The zero-order chi connectivity index (χ0) is 17.8. The number of allylic oxidation sites excluding steroid dienone is 3. The Morgan fingerprint density at radius 1 is 1.36 bits per heavy atom. The first kappa shape index (κ1) is 16.4. The fraction of sp³-hybridized carbons (Fsp3) is 0.333. The topological polar surface area (TPSA) is 53.4 Å². The van der Waals surface area contributed by atoms with Crippen LogP contribution in [0.25, 0.3) is 5.70 Å². The molecule has 0 amide bonds. The molecule has 6 nitrogen and oxygen atoms in total. The van der Waals surface area contributed by atoms with E-state index in [0.717, 1.165) is 51.8 Å². The van der Waals surface area contributed by atoms with Crippen LogP contribution >= 0.6 is 11.8 Å². The summed E-state index contributed by atoms with van der Waals surface area (Å²) in [5, 5.41) is 0.777. The van der Waals surface area contributed by atoms with Gasteiger partial charge < -0.3 is 4.74 Å². The van der Waals surface area contributed by atoms with Crippen LogP contribution in [0.3, 0.4) is 0 Å². The zero-order valence-electron chi connectivity index (χ0n) is 14.6. The molecule has 4 rings (SSSR count). The number of thioether (sulfide) groups is 1. The van der Waals surface area contributed by atoms with Crippen molar-refractivity contribution in [3.8, 4) is 0 Å². The second kappa shape index (κ2) is 5.45. The number of hydroxylamine groups is 2. The smallest absolute Gasteiger partial charge is 0.354 e. The van der Waals surface area contributed by atoms with Gasteiger partial charge in [-0.3, -0.25) is 4.79 Å². The third kappa shape index (κ3) is 1.78. The SMILES string of the molecule is COC1=C(C)CC23C=CC=C[N+]2(OC)c2ncc(SC=O)n2C3=C1C. The highest BCUT2D eigenvalue weighted by Crippen LogP contribution is 2.58. The molecule has 130 valence electrons. The Kier molecular flexibility index (Phi) is 3.57. The summed E-state index contributed by atoms with van der Waals surface area (Å²) < 4.78 is 7.87. The molecule has 2 aliphatic heterocycles. The van der Waals surface area contributed by atoms with E-state index in [0.29, 0.717) is 0 Å². The van der Waals surface area contributed by atoms with Crippen molar-refractivity contribution < 1.29 is 14.4 Å². The van der Waals surface area contributed by atoms with Crippen LogP contribution in [0.1, 0.15) is 20.3 Å². The van der Waals surface area contributed by atoms with Gasteiger partial charge in [0.25, 0.3) is 0 Å². The fourth-order valence-corrected chi connectivity index (χ4v) is 5.00. The summed E-state index contributed by atoms with van der Waals surface area (Å²) >= 11 is 1.12. The van der Waals surface area contributed by atoms with Gasteiger partial charge in [0, 0.05) is 12.0 Å². The van der Waals surface area contributed by atoms with Crippen LogP contribution in [0.15, 0.2) is 52.6 Å². The van der Waals surface area contributed by atoms with Crippen LogP contribution in [0.5, 0.6) is 0 Å². The number of quaternary nitrogens is 1. The largest absolute Gasteiger partial charge is 0.496 e. The van der Waals surface area contributed by atoms with E-state index in [4.69, 9.17) is 9.57 Å². The van der Waals surface area contributed by atoms with Crippen molar-refractivity contribution in [3.63, 3.8) is 0 Å².